The van der Waals surface area contributed by atoms with E-state index in [2.05, 4.69) is 20.3 Å². The minimum absolute atomic E-state index is 0.591. The molecule has 1 heterocycles. The molecule has 0 aliphatic heterocycles. The van der Waals surface area contributed by atoms with Crippen molar-refractivity contribution in [3.8, 4) is 5.75 Å². The van der Waals surface area contributed by atoms with Gasteiger partial charge in [-0.25, -0.2) is 9.97 Å². The third-order valence-electron chi connectivity index (χ3n) is 2.30. The van der Waals surface area contributed by atoms with Crippen LogP contribution in [0.4, 0.5) is 5.95 Å². The molecule has 5 nitrogen and oxygen atoms in total. The number of aryl methyl sites for hydroxylation is 1. The van der Waals surface area contributed by atoms with Crippen LogP contribution in [0.1, 0.15) is 11.4 Å². The van der Waals surface area contributed by atoms with Gasteiger partial charge in [0.25, 0.3) is 0 Å². The average molecular weight is 230 g/mol. The minimum Gasteiger partial charge on any atom is -0.497 e. The summed E-state index contributed by atoms with van der Waals surface area (Å²) in [5.41, 5.74) is 1.14. The topological polar surface area (TPSA) is 59.9 Å². The van der Waals surface area contributed by atoms with E-state index in [1.54, 1.807) is 7.11 Å². The molecule has 0 aliphatic carbocycles. The molecule has 88 valence electrons. The molecule has 0 fully saturated rings. The zero-order valence-electron chi connectivity index (χ0n) is 9.84. The van der Waals surface area contributed by atoms with E-state index in [9.17, 15) is 0 Å². The Morgan fingerprint density at radius 3 is 2.59 bits per heavy atom. The molecule has 0 amide bonds. The van der Waals surface area contributed by atoms with E-state index in [1.165, 1.54) is 6.33 Å². The monoisotopic (exact) mass is 230 g/mol. The van der Waals surface area contributed by atoms with Crippen LogP contribution in [-0.2, 0) is 6.54 Å². The first-order chi connectivity index (χ1) is 8.28. The normalized spacial score (nSPS) is 10.0. The van der Waals surface area contributed by atoms with Crippen LogP contribution in [0.5, 0.6) is 5.75 Å². The van der Waals surface area contributed by atoms with Crippen molar-refractivity contribution in [3.63, 3.8) is 0 Å². The maximum absolute atomic E-state index is 5.09. The molecule has 0 spiro atoms. The minimum atomic E-state index is 0.591. The predicted octanol–water partition coefficient (Wildman–Crippen LogP) is 1.80. The van der Waals surface area contributed by atoms with Gasteiger partial charge in [-0.15, -0.1) is 0 Å². The lowest BCUT2D eigenvalue weighted by atomic mass is 10.2. The van der Waals surface area contributed by atoms with Gasteiger partial charge < -0.3 is 10.1 Å². The largest absolute Gasteiger partial charge is 0.497 e. The highest BCUT2D eigenvalue weighted by molar-refractivity contribution is 5.31. The van der Waals surface area contributed by atoms with Crippen LogP contribution < -0.4 is 10.1 Å². The van der Waals surface area contributed by atoms with Crippen molar-refractivity contribution in [1.82, 2.24) is 15.0 Å². The zero-order valence-corrected chi connectivity index (χ0v) is 9.84. The van der Waals surface area contributed by atoms with Gasteiger partial charge >= 0.3 is 0 Å². The van der Waals surface area contributed by atoms with E-state index in [4.69, 9.17) is 4.74 Å². The number of anilines is 1. The highest BCUT2D eigenvalue weighted by Gasteiger charge is 1.98. The molecule has 2 aromatic rings. The van der Waals surface area contributed by atoms with Crippen molar-refractivity contribution in [1.29, 1.82) is 0 Å². The van der Waals surface area contributed by atoms with Gasteiger partial charge in [0.05, 0.1) is 7.11 Å². The molecule has 0 atom stereocenters. The summed E-state index contributed by atoms with van der Waals surface area (Å²) >= 11 is 0. The standard InChI is InChI=1S/C12H14N4O/c1-9-14-8-15-12(16-9)13-7-10-3-5-11(17-2)6-4-10/h3-6,8H,7H2,1-2H3,(H,13,14,15,16). The summed E-state index contributed by atoms with van der Waals surface area (Å²) in [7, 11) is 1.65. The van der Waals surface area contributed by atoms with Crippen LogP contribution in [-0.4, -0.2) is 22.1 Å². The van der Waals surface area contributed by atoms with Gasteiger partial charge in [-0.1, -0.05) is 12.1 Å². The molecular weight excluding hydrogens is 216 g/mol. The van der Waals surface area contributed by atoms with Crippen LogP contribution >= 0.6 is 0 Å². The number of ether oxygens (including phenoxy) is 1. The number of hydrogen-bond donors (Lipinski definition) is 1. The summed E-state index contributed by atoms with van der Waals surface area (Å²) < 4.78 is 5.09. The van der Waals surface area contributed by atoms with Gasteiger partial charge in [0.15, 0.2) is 0 Å². The van der Waals surface area contributed by atoms with Crippen molar-refractivity contribution in [2.24, 2.45) is 0 Å². The first-order valence-electron chi connectivity index (χ1n) is 5.30. The van der Waals surface area contributed by atoms with Gasteiger partial charge in [0.2, 0.25) is 5.95 Å². The van der Waals surface area contributed by atoms with Crippen molar-refractivity contribution >= 4 is 5.95 Å². The summed E-state index contributed by atoms with van der Waals surface area (Å²) in [6.07, 6.45) is 1.50. The molecule has 0 aliphatic rings. The molecule has 2 rings (SSSR count). The van der Waals surface area contributed by atoms with Crippen LogP contribution in [0.2, 0.25) is 0 Å². The Kier molecular flexibility index (Phi) is 3.49. The number of nitrogens with zero attached hydrogens (tertiary/aromatic N) is 3. The second kappa shape index (κ2) is 5.25. The summed E-state index contributed by atoms with van der Waals surface area (Å²) in [5, 5.41) is 3.14. The fourth-order valence-electron chi connectivity index (χ4n) is 1.39. The van der Waals surface area contributed by atoms with Gasteiger partial charge in [-0.05, 0) is 24.6 Å². The van der Waals surface area contributed by atoms with Crippen molar-refractivity contribution in [3.05, 3.63) is 42.0 Å². The van der Waals surface area contributed by atoms with Crippen molar-refractivity contribution in [2.45, 2.75) is 13.5 Å². The number of aromatic nitrogens is 3. The molecule has 5 heteroatoms. The van der Waals surface area contributed by atoms with E-state index in [-0.39, 0.29) is 0 Å². The SMILES string of the molecule is COc1ccc(CNc2ncnc(C)n2)cc1. The Bertz CT molecular complexity index is 484. The molecular formula is C12H14N4O. The van der Waals surface area contributed by atoms with Crippen LogP contribution in [0.3, 0.4) is 0 Å². The molecule has 0 bridgehead atoms. The highest BCUT2D eigenvalue weighted by atomic mass is 16.5. The molecule has 0 radical (unpaired) electrons. The quantitative estimate of drug-likeness (QED) is 0.867. The predicted molar refractivity (Wildman–Crippen MR) is 64.9 cm³/mol. The Morgan fingerprint density at radius 2 is 1.94 bits per heavy atom. The number of nitrogens with one attached hydrogen (secondary N) is 1. The maximum Gasteiger partial charge on any atom is 0.226 e. The van der Waals surface area contributed by atoms with Gasteiger partial charge in [0, 0.05) is 6.54 Å². The Labute approximate surface area is 99.9 Å². The zero-order chi connectivity index (χ0) is 12.1. The molecule has 0 saturated carbocycles. The van der Waals surface area contributed by atoms with Crippen molar-refractivity contribution < 1.29 is 4.74 Å². The third-order valence-corrected chi connectivity index (χ3v) is 2.30. The van der Waals surface area contributed by atoms with Gasteiger partial charge in [-0.3, -0.25) is 0 Å². The summed E-state index contributed by atoms with van der Waals surface area (Å²) in [6.45, 7) is 2.51. The lowest BCUT2D eigenvalue weighted by molar-refractivity contribution is 0.414. The van der Waals surface area contributed by atoms with Crippen LogP contribution in [0.25, 0.3) is 0 Å². The average Bonchev–Trinajstić information content (AvgIpc) is 2.37. The lowest BCUT2D eigenvalue weighted by Crippen LogP contribution is -2.04. The van der Waals surface area contributed by atoms with E-state index in [1.807, 2.05) is 31.2 Å². The second-order valence-corrected chi connectivity index (χ2v) is 3.56. The third kappa shape index (κ3) is 3.14. The van der Waals surface area contributed by atoms with E-state index < -0.39 is 0 Å². The number of benzene rings is 1. The Hall–Kier alpha value is -2.17. The maximum atomic E-state index is 5.09. The fourth-order valence-corrected chi connectivity index (χ4v) is 1.39. The summed E-state index contributed by atoms with van der Waals surface area (Å²) in [6, 6.07) is 7.85. The van der Waals surface area contributed by atoms with E-state index in [0.717, 1.165) is 11.3 Å². The van der Waals surface area contributed by atoms with E-state index in [0.29, 0.717) is 18.3 Å². The number of hydrogen-bond acceptors (Lipinski definition) is 5. The molecule has 0 saturated heterocycles. The van der Waals surface area contributed by atoms with Crippen LogP contribution in [0, 0.1) is 6.92 Å². The highest BCUT2D eigenvalue weighted by Crippen LogP contribution is 2.11. The first-order valence-corrected chi connectivity index (χ1v) is 5.30. The number of rotatable bonds is 4. The molecule has 1 aromatic heterocycles. The molecule has 1 aromatic carbocycles. The molecule has 17 heavy (non-hydrogen) atoms. The lowest BCUT2D eigenvalue weighted by Gasteiger charge is -2.05. The van der Waals surface area contributed by atoms with E-state index >= 15 is 0 Å². The van der Waals surface area contributed by atoms with Crippen molar-refractivity contribution in [2.75, 3.05) is 12.4 Å². The fraction of sp³-hybridized carbons (Fsp3) is 0.250. The summed E-state index contributed by atoms with van der Waals surface area (Å²) in [5.74, 6) is 2.15. The van der Waals surface area contributed by atoms with Crippen LogP contribution in [0.15, 0.2) is 30.6 Å². The van der Waals surface area contributed by atoms with Gasteiger partial charge in [-0.2, -0.15) is 4.98 Å². The smallest absolute Gasteiger partial charge is 0.226 e. The second-order valence-electron chi connectivity index (χ2n) is 3.56. The summed E-state index contributed by atoms with van der Waals surface area (Å²) in [4.78, 5) is 12.1. The first kappa shape index (κ1) is 11.3. The number of methoxy groups -OCH3 is 1. The van der Waals surface area contributed by atoms with Gasteiger partial charge in [0.1, 0.15) is 17.9 Å². The Morgan fingerprint density at radius 1 is 1.18 bits per heavy atom. The molecule has 1 N–H and O–H groups in total. The molecule has 0 unspecified atom stereocenters. The Balaban J connectivity index is 1.97.